The van der Waals surface area contributed by atoms with Gasteiger partial charge in [0.25, 0.3) is 0 Å². The summed E-state index contributed by atoms with van der Waals surface area (Å²) in [6, 6.07) is 12.1. The van der Waals surface area contributed by atoms with Crippen molar-refractivity contribution >= 4 is 28.4 Å². The van der Waals surface area contributed by atoms with E-state index in [-0.39, 0.29) is 11.4 Å². The van der Waals surface area contributed by atoms with Crippen LogP contribution in [0.4, 0.5) is 17.5 Å². The molecule has 0 aliphatic carbocycles. The van der Waals surface area contributed by atoms with Gasteiger partial charge in [-0.05, 0) is 38.2 Å². The molecular formula is C25H31N7O2. The van der Waals surface area contributed by atoms with Crippen LogP contribution in [0.25, 0.3) is 10.9 Å². The van der Waals surface area contributed by atoms with E-state index in [0.29, 0.717) is 17.4 Å². The summed E-state index contributed by atoms with van der Waals surface area (Å²) in [5.41, 5.74) is 2.04. The number of ether oxygens (including phenoxy) is 1. The number of aromatic nitrogens is 4. The molecule has 0 atom stereocenters. The van der Waals surface area contributed by atoms with Crippen LogP contribution in [0, 0.1) is 6.92 Å². The monoisotopic (exact) mass is 461 g/mol. The molecule has 4 aromatic rings. The average Bonchev–Trinajstić information content (AvgIpc) is 3.39. The van der Waals surface area contributed by atoms with E-state index < -0.39 is 0 Å². The summed E-state index contributed by atoms with van der Waals surface area (Å²) in [7, 11) is 2.13. The van der Waals surface area contributed by atoms with Crippen LogP contribution in [0.2, 0.25) is 0 Å². The molecule has 9 nitrogen and oxygen atoms in total. The van der Waals surface area contributed by atoms with Crippen molar-refractivity contribution in [3.8, 4) is 11.8 Å². The fourth-order valence-electron chi connectivity index (χ4n) is 3.96. The Morgan fingerprint density at radius 3 is 2.53 bits per heavy atom. The Balaban J connectivity index is 1.45. The molecule has 1 fully saturated rings. The highest BCUT2D eigenvalue weighted by Gasteiger charge is 2.21. The predicted octanol–water partition coefficient (Wildman–Crippen LogP) is 4.84. The topological polar surface area (TPSA) is 95.3 Å². The first-order valence-corrected chi connectivity index (χ1v) is 11.6. The number of fused-ring (bicyclic) bond motifs is 1. The summed E-state index contributed by atoms with van der Waals surface area (Å²) in [6.45, 7) is 12.0. The van der Waals surface area contributed by atoms with Gasteiger partial charge in [0, 0.05) is 60.3 Å². The lowest BCUT2D eigenvalue weighted by Crippen LogP contribution is -2.44. The molecule has 0 bridgehead atoms. The first kappa shape index (κ1) is 22.2. The second-order valence-electron chi connectivity index (χ2n) is 9.94. The Hall–Kier alpha value is -3.59. The lowest BCUT2D eigenvalue weighted by Gasteiger charge is -2.33. The molecule has 9 heteroatoms. The number of benzene rings is 1. The zero-order chi connectivity index (χ0) is 23.9. The van der Waals surface area contributed by atoms with E-state index >= 15 is 0 Å². The smallest absolute Gasteiger partial charge is 0.325 e. The van der Waals surface area contributed by atoms with Gasteiger partial charge in [-0.15, -0.1) is 0 Å². The molecule has 1 aliphatic heterocycles. The zero-order valence-corrected chi connectivity index (χ0v) is 20.3. The van der Waals surface area contributed by atoms with E-state index in [2.05, 4.69) is 64.1 Å². The SMILES string of the molecule is Cc1cc2cc(Oc3nc(Nc4cc(C(C)(C)C)on4)cc(N4CCN(C)CC4)n3)ccc2[nH]1. The molecule has 2 N–H and O–H groups in total. The molecule has 0 spiro atoms. The van der Waals surface area contributed by atoms with Gasteiger partial charge >= 0.3 is 6.01 Å². The Morgan fingerprint density at radius 2 is 1.79 bits per heavy atom. The number of hydrogen-bond acceptors (Lipinski definition) is 8. The quantitative estimate of drug-likeness (QED) is 0.436. The van der Waals surface area contributed by atoms with Crippen LogP contribution in [0.15, 0.2) is 40.9 Å². The van der Waals surface area contributed by atoms with E-state index in [0.717, 1.165) is 54.4 Å². The largest absolute Gasteiger partial charge is 0.424 e. The van der Waals surface area contributed by atoms with Crippen LogP contribution in [-0.4, -0.2) is 58.2 Å². The predicted molar refractivity (Wildman–Crippen MR) is 133 cm³/mol. The van der Waals surface area contributed by atoms with E-state index in [4.69, 9.17) is 14.2 Å². The summed E-state index contributed by atoms with van der Waals surface area (Å²) < 4.78 is 11.7. The zero-order valence-electron chi connectivity index (χ0n) is 20.3. The number of H-pyrrole nitrogens is 1. The normalized spacial score (nSPS) is 15.1. The van der Waals surface area contributed by atoms with Crippen molar-refractivity contribution in [2.24, 2.45) is 0 Å². The van der Waals surface area contributed by atoms with Crippen LogP contribution < -0.4 is 15.0 Å². The third-order valence-corrected chi connectivity index (χ3v) is 5.96. The Bertz CT molecular complexity index is 1300. The molecule has 34 heavy (non-hydrogen) atoms. The van der Waals surface area contributed by atoms with Gasteiger partial charge in [0.05, 0.1) is 0 Å². The maximum atomic E-state index is 6.13. The second kappa shape index (κ2) is 8.64. The van der Waals surface area contributed by atoms with Gasteiger partial charge in [-0.2, -0.15) is 9.97 Å². The van der Waals surface area contributed by atoms with Gasteiger partial charge in [-0.25, -0.2) is 0 Å². The molecule has 0 radical (unpaired) electrons. The number of rotatable bonds is 5. The number of nitrogens with one attached hydrogen (secondary N) is 2. The van der Waals surface area contributed by atoms with Crippen LogP contribution in [0.5, 0.6) is 11.8 Å². The van der Waals surface area contributed by atoms with Crippen LogP contribution in [0.3, 0.4) is 0 Å². The molecule has 0 unspecified atom stereocenters. The highest BCUT2D eigenvalue weighted by molar-refractivity contribution is 5.81. The molecule has 4 heterocycles. The number of aryl methyl sites for hydroxylation is 1. The molecule has 178 valence electrons. The Kier molecular flexibility index (Phi) is 5.65. The molecular weight excluding hydrogens is 430 g/mol. The Morgan fingerprint density at radius 1 is 1.00 bits per heavy atom. The molecule has 0 amide bonds. The molecule has 1 aromatic carbocycles. The van der Waals surface area contributed by atoms with Gasteiger partial charge in [-0.1, -0.05) is 25.9 Å². The van der Waals surface area contributed by atoms with Crippen molar-refractivity contribution in [3.63, 3.8) is 0 Å². The van der Waals surface area contributed by atoms with Crippen molar-refractivity contribution in [2.75, 3.05) is 43.4 Å². The maximum absolute atomic E-state index is 6.13. The first-order valence-electron chi connectivity index (χ1n) is 11.6. The number of nitrogens with zero attached hydrogens (tertiary/aromatic N) is 5. The fourth-order valence-corrected chi connectivity index (χ4v) is 3.96. The maximum Gasteiger partial charge on any atom is 0.325 e. The van der Waals surface area contributed by atoms with Crippen molar-refractivity contribution in [1.29, 1.82) is 0 Å². The van der Waals surface area contributed by atoms with E-state index in [1.165, 1.54) is 0 Å². The highest BCUT2D eigenvalue weighted by atomic mass is 16.5. The van der Waals surface area contributed by atoms with Gasteiger partial charge in [-0.3, -0.25) is 0 Å². The minimum absolute atomic E-state index is 0.132. The average molecular weight is 462 g/mol. The van der Waals surface area contributed by atoms with E-state index in [1.807, 2.05) is 37.3 Å². The molecule has 1 aliphatic rings. The van der Waals surface area contributed by atoms with Crippen LogP contribution in [0.1, 0.15) is 32.2 Å². The van der Waals surface area contributed by atoms with Gasteiger partial charge < -0.3 is 29.4 Å². The van der Waals surface area contributed by atoms with Crippen molar-refractivity contribution < 1.29 is 9.26 Å². The minimum atomic E-state index is -0.132. The summed E-state index contributed by atoms with van der Waals surface area (Å²) in [6.07, 6.45) is 0. The van der Waals surface area contributed by atoms with Crippen LogP contribution in [-0.2, 0) is 5.41 Å². The van der Waals surface area contributed by atoms with Crippen molar-refractivity contribution in [3.05, 3.63) is 47.9 Å². The Labute approximate surface area is 199 Å². The summed E-state index contributed by atoms with van der Waals surface area (Å²) in [5, 5.41) is 8.52. The standard InChI is InChI=1S/C25H31N7O2/c1-16-12-17-13-18(6-7-19(17)26-16)33-24-28-21(27-22-14-20(34-30-22)25(2,3)4)15-23(29-24)32-10-8-31(5)9-11-32/h6-7,12-15,26H,8-11H2,1-5H3,(H,27,28,29,30). The number of anilines is 3. The summed E-state index contributed by atoms with van der Waals surface area (Å²) >= 11 is 0. The van der Waals surface area contributed by atoms with Gasteiger partial charge in [0.1, 0.15) is 23.1 Å². The number of aromatic amines is 1. The highest BCUT2D eigenvalue weighted by Crippen LogP contribution is 2.30. The van der Waals surface area contributed by atoms with Gasteiger partial charge in [0.15, 0.2) is 5.82 Å². The lowest BCUT2D eigenvalue weighted by atomic mass is 9.93. The number of likely N-dealkylation sites (N-methyl/N-ethyl adjacent to an activating group) is 1. The number of hydrogen-bond donors (Lipinski definition) is 2. The lowest BCUT2D eigenvalue weighted by molar-refractivity contribution is 0.311. The van der Waals surface area contributed by atoms with Crippen molar-refractivity contribution in [2.45, 2.75) is 33.1 Å². The number of piperazine rings is 1. The minimum Gasteiger partial charge on any atom is -0.424 e. The van der Waals surface area contributed by atoms with Crippen molar-refractivity contribution in [1.82, 2.24) is 25.0 Å². The third-order valence-electron chi connectivity index (χ3n) is 5.96. The molecule has 3 aromatic heterocycles. The first-order chi connectivity index (χ1) is 16.2. The summed E-state index contributed by atoms with van der Waals surface area (Å²) in [4.78, 5) is 17.2. The van der Waals surface area contributed by atoms with Crippen LogP contribution >= 0.6 is 0 Å². The molecule has 0 saturated carbocycles. The summed E-state index contributed by atoms with van der Waals surface area (Å²) in [5.74, 6) is 3.51. The van der Waals surface area contributed by atoms with E-state index in [9.17, 15) is 0 Å². The molecule has 5 rings (SSSR count). The second-order valence-corrected chi connectivity index (χ2v) is 9.94. The molecule has 1 saturated heterocycles. The van der Waals surface area contributed by atoms with Gasteiger partial charge in [0.2, 0.25) is 0 Å². The fraction of sp³-hybridized carbons (Fsp3) is 0.400. The third kappa shape index (κ3) is 4.84. The van der Waals surface area contributed by atoms with E-state index in [1.54, 1.807) is 0 Å².